The summed E-state index contributed by atoms with van der Waals surface area (Å²) in [4.78, 5) is 23.1. The summed E-state index contributed by atoms with van der Waals surface area (Å²) >= 11 is 0. The van der Waals surface area contributed by atoms with Crippen molar-refractivity contribution in [3.8, 4) is 11.3 Å². The number of aryl methyl sites for hydroxylation is 2. The van der Waals surface area contributed by atoms with E-state index in [1.165, 1.54) is 12.1 Å². The zero-order valence-corrected chi connectivity index (χ0v) is 16.0. The highest BCUT2D eigenvalue weighted by Crippen LogP contribution is 2.22. The molecule has 0 aliphatic carbocycles. The second-order valence-corrected chi connectivity index (χ2v) is 7.02. The average Bonchev–Trinajstić information content (AvgIpc) is 3.05. The maximum atomic E-state index is 13.7. The van der Waals surface area contributed by atoms with Crippen molar-refractivity contribution in [2.24, 2.45) is 7.05 Å². The third-order valence-corrected chi connectivity index (χ3v) is 4.32. The van der Waals surface area contributed by atoms with Crippen molar-refractivity contribution < 1.29 is 9.18 Å². The number of nitrogens with zero attached hydrogens (tertiary/aromatic N) is 4. The van der Waals surface area contributed by atoms with E-state index in [2.05, 4.69) is 9.97 Å². The van der Waals surface area contributed by atoms with E-state index in [1.54, 1.807) is 28.2 Å². The molecule has 0 saturated heterocycles. The van der Waals surface area contributed by atoms with Gasteiger partial charge in [0.1, 0.15) is 11.5 Å². The molecule has 0 aliphatic rings. The summed E-state index contributed by atoms with van der Waals surface area (Å²) in [7, 11) is 1.83. The minimum Gasteiger partial charge on any atom is -0.340 e. The molecule has 0 fully saturated rings. The Labute approximate surface area is 158 Å². The monoisotopic (exact) mass is 366 g/mol. The van der Waals surface area contributed by atoms with Crippen LogP contribution in [-0.4, -0.2) is 31.4 Å². The fourth-order valence-electron chi connectivity index (χ4n) is 2.97. The minimum absolute atomic E-state index is 0.00698. The lowest BCUT2D eigenvalue weighted by atomic mass is 10.1. The number of pyridine rings is 1. The lowest BCUT2D eigenvalue weighted by Crippen LogP contribution is -2.36. The summed E-state index contributed by atoms with van der Waals surface area (Å²) in [5.41, 5.74) is 3.60. The smallest absolute Gasteiger partial charge is 0.274 e. The van der Waals surface area contributed by atoms with Gasteiger partial charge in [-0.1, -0.05) is 0 Å². The summed E-state index contributed by atoms with van der Waals surface area (Å²) in [6.45, 7) is 6.22. The summed E-state index contributed by atoms with van der Waals surface area (Å²) in [5, 5.41) is 0. The van der Waals surface area contributed by atoms with Crippen LogP contribution in [0.1, 0.15) is 35.5 Å². The molecular formula is C21H23FN4O. The van der Waals surface area contributed by atoms with Crippen molar-refractivity contribution in [1.29, 1.82) is 0 Å². The number of hydrogen-bond donors (Lipinski definition) is 0. The van der Waals surface area contributed by atoms with Crippen molar-refractivity contribution in [3.63, 3.8) is 0 Å². The Morgan fingerprint density at radius 2 is 2.00 bits per heavy atom. The molecule has 0 atom stereocenters. The molecule has 0 N–H and O–H groups in total. The van der Waals surface area contributed by atoms with Gasteiger partial charge in [-0.25, -0.2) is 9.37 Å². The summed E-state index contributed by atoms with van der Waals surface area (Å²) in [6, 6.07) is 8.63. The molecule has 140 valence electrons. The van der Waals surface area contributed by atoms with Gasteiger partial charge in [0.05, 0.1) is 12.0 Å². The SMILES string of the molecule is Cc1cc(F)cc(-c2cc(CN(C(=O)c3cn(C)cn3)C(C)C)ccn2)c1. The van der Waals surface area contributed by atoms with Crippen LogP contribution in [0.15, 0.2) is 49.1 Å². The van der Waals surface area contributed by atoms with E-state index in [1.807, 2.05) is 46.0 Å². The van der Waals surface area contributed by atoms with Gasteiger partial charge in [0.2, 0.25) is 0 Å². The number of aromatic nitrogens is 3. The number of rotatable bonds is 5. The molecule has 0 saturated carbocycles. The molecule has 27 heavy (non-hydrogen) atoms. The minimum atomic E-state index is -0.286. The molecule has 3 aromatic rings. The molecule has 0 unspecified atom stereocenters. The number of hydrogen-bond acceptors (Lipinski definition) is 3. The topological polar surface area (TPSA) is 51.0 Å². The standard InChI is InChI=1S/C21H23FN4O/c1-14(2)26(21(27)20-12-25(4)13-24-20)11-16-5-6-23-19(9-16)17-7-15(3)8-18(22)10-17/h5-10,12-14H,11H2,1-4H3. The largest absolute Gasteiger partial charge is 0.340 e. The number of halogens is 1. The van der Waals surface area contributed by atoms with Crippen molar-refractivity contribution in [1.82, 2.24) is 19.4 Å². The Morgan fingerprint density at radius 3 is 2.63 bits per heavy atom. The number of imidazole rings is 1. The molecule has 0 aliphatic heterocycles. The maximum Gasteiger partial charge on any atom is 0.274 e. The molecule has 6 heteroatoms. The third-order valence-electron chi connectivity index (χ3n) is 4.32. The maximum absolute atomic E-state index is 13.7. The molecule has 0 radical (unpaired) electrons. The summed E-state index contributed by atoms with van der Waals surface area (Å²) in [5.74, 6) is -0.406. The second-order valence-electron chi connectivity index (χ2n) is 7.02. The molecule has 1 amide bonds. The first kappa shape index (κ1) is 18.8. The van der Waals surface area contributed by atoms with Crippen molar-refractivity contribution in [2.45, 2.75) is 33.4 Å². The van der Waals surface area contributed by atoms with Gasteiger partial charge in [-0.15, -0.1) is 0 Å². The quantitative estimate of drug-likeness (QED) is 0.686. The summed E-state index contributed by atoms with van der Waals surface area (Å²) < 4.78 is 15.5. The van der Waals surface area contributed by atoms with Gasteiger partial charge < -0.3 is 9.47 Å². The lowest BCUT2D eigenvalue weighted by molar-refractivity contribution is 0.0684. The van der Waals surface area contributed by atoms with Crippen molar-refractivity contribution in [2.75, 3.05) is 0 Å². The van der Waals surface area contributed by atoms with E-state index < -0.39 is 0 Å². The van der Waals surface area contributed by atoms with Gasteiger partial charge in [-0.2, -0.15) is 0 Å². The van der Waals surface area contributed by atoms with Crippen LogP contribution in [0.25, 0.3) is 11.3 Å². The van der Waals surface area contributed by atoms with Crippen LogP contribution in [0.4, 0.5) is 4.39 Å². The first-order chi connectivity index (χ1) is 12.8. The number of carbonyl (C=O) groups is 1. The molecule has 0 bridgehead atoms. The molecule has 2 aromatic heterocycles. The fraction of sp³-hybridized carbons (Fsp3) is 0.286. The highest BCUT2D eigenvalue weighted by molar-refractivity contribution is 5.92. The Kier molecular flexibility index (Phi) is 5.35. The number of amides is 1. The van der Waals surface area contributed by atoms with E-state index in [9.17, 15) is 9.18 Å². The van der Waals surface area contributed by atoms with Crippen LogP contribution < -0.4 is 0 Å². The predicted molar refractivity (Wildman–Crippen MR) is 103 cm³/mol. The first-order valence-electron chi connectivity index (χ1n) is 8.85. The zero-order valence-electron chi connectivity index (χ0n) is 16.0. The van der Waals surface area contributed by atoms with E-state index in [-0.39, 0.29) is 17.8 Å². The van der Waals surface area contributed by atoms with Gasteiger partial charge in [0.15, 0.2) is 0 Å². The lowest BCUT2D eigenvalue weighted by Gasteiger charge is -2.26. The average molecular weight is 366 g/mol. The Bertz CT molecular complexity index is 944. The Morgan fingerprint density at radius 1 is 1.22 bits per heavy atom. The fourth-order valence-corrected chi connectivity index (χ4v) is 2.97. The number of carbonyl (C=O) groups excluding carboxylic acids is 1. The second kappa shape index (κ2) is 7.70. The normalized spacial score (nSPS) is 11.0. The van der Waals surface area contributed by atoms with E-state index >= 15 is 0 Å². The highest BCUT2D eigenvalue weighted by Gasteiger charge is 2.21. The van der Waals surface area contributed by atoms with Crippen molar-refractivity contribution >= 4 is 5.91 Å². The predicted octanol–water partition coefficient (Wildman–Crippen LogP) is 3.98. The van der Waals surface area contributed by atoms with Crippen LogP contribution in [0.2, 0.25) is 0 Å². The molecule has 5 nitrogen and oxygen atoms in total. The van der Waals surface area contributed by atoms with Gasteiger partial charge in [-0.05, 0) is 62.2 Å². The van der Waals surface area contributed by atoms with Gasteiger partial charge in [0.25, 0.3) is 5.91 Å². The molecule has 1 aromatic carbocycles. The van der Waals surface area contributed by atoms with E-state index in [0.29, 0.717) is 17.9 Å². The van der Waals surface area contributed by atoms with Crippen LogP contribution in [0.5, 0.6) is 0 Å². The van der Waals surface area contributed by atoms with Crippen LogP contribution in [0, 0.1) is 12.7 Å². The molecule has 0 spiro atoms. The van der Waals surface area contributed by atoms with Gasteiger partial charge in [-0.3, -0.25) is 9.78 Å². The van der Waals surface area contributed by atoms with E-state index in [4.69, 9.17) is 0 Å². The third kappa shape index (κ3) is 4.39. The molecular weight excluding hydrogens is 343 g/mol. The Balaban J connectivity index is 1.88. The number of benzene rings is 1. The zero-order chi connectivity index (χ0) is 19.6. The van der Waals surface area contributed by atoms with Gasteiger partial charge in [0, 0.05) is 37.6 Å². The van der Waals surface area contributed by atoms with Crippen LogP contribution >= 0.6 is 0 Å². The summed E-state index contributed by atoms with van der Waals surface area (Å²) in [6.07, 6.45) is 5.02. The molecule has 2 heterocycles. The van der Waals surface area contributed by atoms with Crippen LogP contribution in [0.3, 0.4) is 0 Å². The highest BCUT2D eigenvalue weighted by atomic mass is 19.1. The van der Waals surface area contributed by atoms with Crippen molar-refractivity contribution in [3.05, 3.63) is 71.7 Å². The van der Waals surface area contributed by atoms with E-state index in [0.717, 1.165) is 16.7 Å². The molecule has 3 rings (SSSR count). The van der Waals surface area contributed by atoms with Crippen LogP contribution in [-0.2, 0) is 13.6 Å². The van der Waals surface area contributed by atoms with Gasteiger partial charge >= 0.3 is 0 Å². The Hall–Kier alpha value is -3.02. The first-order valence-corrected chi connectivity index (χ1v) is 8.85.